The van der Waals surface area contributed by atoms with Crippen LogP contribution in [0.3, 0.4) is 0 Å². The summed E-state index contributed by atoms with van der Waals surface area (Å²) in [4.78, 5) is 14.4. The van der Waals surface area contributed by atoms with Crippen LogP contribution in [0.15, 0.2) is 18.2 Å². The summed E-state index contributed by atoms with van der Waals surface area (Å²) in [6, 6.07) is 6.09. The molecule has 130 valence electrons. The number of hydrogen-bond acceptors (Lipinski definition) is 4. The van der Waals surface area contributed by atoms with E-state index in [9.17, 15) is 4.79 Å². The van der Waals surface area contributed by atoms with Gasteiger partial charge in [-0.15, -0.1) is 12.4 Å². The molecule has 6 heteroatoms. The van der Waals surface area contributed by atoms with Gasteiger partial charge in [0.1, 0.15) is 0 Å². The molecule has 1 N–H and O–H groups in total. The average molecular weight is 343 g/mol. The highest BCUT2D eigenvalue weighted by molar-refractivity contribution is 5.85. The van der Waals surface area contributed by atoms with Crippen molar-refractivity contribution in [1.82, 2.24) is 10.2 Å². The highest BCUT2D eigenvalue weighted by Crippen LogP contribution is 2.37. The predicted molar refractivity (Wildman–Crippen MR) is 93.6 cm³/mol. The number of carbonyl (C=O) groups is 1. The Morgan fingerprint density at radius 2 is 2.04 bits per heavy atom. The van der Waals surface area contributed by atoms with E-state index in [2.05, 4.69) is 5.32 Å². The van der Waals surface area contributed by atoms with Crippen molar-refractivity contribution in [2.75, 3.05) is 34.4 Å². The van der Waals surface area contributed by atoms with E-state index >= 15 is 0 Å². The van der Waals surface area contributed by atoms with Crippen LogP contribution in [0.1, 0.15) is 37.3 Å². The largest absolute Gasteiger partial charge is 0.493 e. The van der Waals surface area contributed by atoms with Crippen LogP contribution in [0.2, 0.25) is 0 Å². The van der Waals surface area contributed by atoms with Gasteiger partial charge in [-0.05, 0) is 50.6 Å². The standard InChI is InChI=1S/C17H26N2O3.ClH/c1-18-10-4-7-17(20)19-11-5-6-14(19)13-8-9-15(21-2)16(12-13)22-3;/h8-9,12,14,18H,4-7,10-11H2,1-3H3;1H. The molecule has 0 saturated carbocycles. The van der Waals surface area contributed by atoms with Gasteiger partial charge in [-0.3, -0.25) is 4.79 Å². The number of carbonyl (C=O) groups excluding carboxylic acids is 1. The van der Waals surface area contributed by atoms with Crippen LogP contribution in [0.5, 0.6) is 11.5 Å². The Morgan fingerprint density at radius 3 is 2.70 bits per heavy atom. The van der Waals surface area contributed by atoms with Gasteiger partial charge in [-0.1, -0.05) is 6.07 Å². The molecule has 1 aliphatic rings. The number of benzene rings is 1. The zero-order valence-electron chi connectivity index (χ0n) is 14.1. The summed E-state index contributed by atoms with van der Waals surface area (Å²) in [5, 5.41) is 3.08. The van der Waals surface area contributed by atoms with Gasteiger partial charge in [0, 0.05) is 13.0 Å². The number of rotatable bonds is 7. The fourth-order valence-corrected chi connectivity index (χ4v) is 3.03. The monoisotopic (exact) mass is 342 g/mol. The van der Waals surface area contributed by atoms with E-state index in [-0.39, 0.29) is 24.4 Å². The normalized spacial score (nSPS) is 16.8. The molecule has 23 heavy (non-hydrogen) atoms. The highest BCUT2D eigenvalue weighted by Gasteiger charge is 2.30. The molecular formula is C17H27ClN2O3. The molecule has 0 aromatic heterocycles. The van der Waals surface area contributed by atoms with E-state index in [4.69, 9.17) is 9.47 Å². The van der Waals surface area contributed by atoms with E-state index < -0.39 is 0 Å². The zero-order chi connectivity index (χ0) is 15.9. The first-order valence-electron chi connectivity index (χ1n) is 7.87. The third-order valence-corrected chi connectivity index (χ3v) is 4.18. The number of hydrogen-bond donors (Lipinski definition) is 1. The minimum atomic E-state index is 0. The maximum Gasteiger partial charge on any atom is 0.223 e. The lowest BCUT2D eigenvalue weighted by atomic mass is 10.0. The minimum absolute atomic E-state index is 0. The first kappa shape index (κ1) is 19.6. The van der Waals surface area contributed by atoms with Crippen molar-refractivity contribution in [3.63, 3.8) is 0 Å². The highest BCUT2D eigenvalue weighted by atomic mass is 35.5. The SMILES string of the molecule is CNCCCC(=O)N1CCCC1c1ccc(OC)c(OC)c1.Cl. The molecule has 1 aromatic carbocycles. The topological polar surface area (TPSA) is 50.8 Å². The number of nitrogens with zero attached hydrogens (tertiary/aromatic N) is 1. The summed E-state index contributed by atoms with van der Waals surface area (Å²) in [6.45, 7) is 1.72. The Bertz CT molecular complexity index is 511. The lowest BCUT2D eigenvalue weighted by molar-refractivity contribution is -0.132. The summed E-state index contributed by atoms with van der Waals surface area (Å²) in [5.74, 6) is 1.68. The predicted octanol–water partition coefficient (Wildman–Crippen LogP) is 2.79. The Hall–Kier alpha value is -1.46. The Kier molecular flexibility index (Phi) is 8.20. The summed E-state index contributed by atoms with van der Waals surface area (Å²) < 4.78 is 10.7. The van der Waals surface area contributed by atoms with Gasteiger partial charge in [0.15, 0.2) is 11.5 Å². The van der Waals surface area contributed by atoms with Crippen LogP contribution in [-0.4, -0.2) is 45.2 Å². The summed E-state index contributed by atoms with van der Waals surface area (Å²) >= 11 is 0. The maximum absolute atomic E-state index is 12.4. The molecule has 1 unspecified atom stereocenters. The summed E-state index contributed by atoms with van der Waals surface area (Å²) in [7, 11) is 5.18. The first-order chi connectivity index (χ1) is 10.7. The lowest BCUT2D eigenvalue weighted by Gasteiger charge is -2.26. The summed E-state index contributed by atoms with van der Waals surface area (Å²) in [5.41, 5.74) is 1.12. The quantitative estimate of drug-likeness (QED) is 0.774. The number of likely N-dealkylation sites (tertiary alicyclic amines) is 1. The third-order valence-electron chi connectivity index (χ3n) is 4.18. The van der Waals surface area contributed by atoms with Crippen molar-refractivity contribution in [1.29, 1.82) is 0 Å². The number of nitrogens with one attached hydrogen (secondary N) is 1. The average Bonchev–Trinajstić information content (AvgIpc) is 3.04. The van der Waals surface area contributed by atoms with Gasteiger partial charge >= 0.3 is 0 Å². The van der Waals surface area contributed by atoms with Crippen molar-refractivity contribution in [2.45, 2.75) is 31.7 Å². The zero-order valence-corrected chi connectivity index (χ0v) is 14.9. The Balaban J connectivity index is 0.00000264. The molecule has 0 bridgehead atoms. The van der Waals surface area contributed by atoms with Gasteiger partial charge in [0.05, 0.1) is 20.3 Å². The van der Waals surface area contributed by atoms with Crippen LogP contribution in [0.4, 0.5) is 0 Å². The molecule has 0 spiro atoms. The third kappa shape index (κ3) is 4.75. The maximum atomic E-state index is 12.4. The molecule has 1 aromatic rings. The molecule has 2 rings (SSSR count). The van der Waals surface area contributed by atoms with Gasteiger partial charge in [0.25, 0.3) is 0 Å². The molecule has 1 amide bonds. The van der Waals surface area contributed by atoms with Gasteiger partial charge < -0.3 is 19.7 Å². The number of amides is 1. The molecule has 1 saturated heterocycles. The van der Waals surface area contributed by atoms with Crippen molar-refractivity contribution in [3.05, 3.63) is 23.8 Å². The van der Waals surface area contributed by atoms with E-state index in [0.717, 1.165) is 49.4 Å². The second-order valence-electron chi connectivity index (χ2n) is 5.57. The molecular weight excluding hydrogens is 316 g/mol. The Morgan fingerprint density at radius 1 is 1.30 bits per heavy atom. The fourth-order valence-electron chi connectivity index (χ4n) is 3.03. The van der Waals surface area contributed by atoms with Crippen LogP contribution in [-0.2, 0) is 4.79 Å². The van der Waals surface area contributed by atoms with Crippen molar-refractivity contribution in [3.8, 4) is 11.5 Å². The van der Waals surface area contributed by atoms with E-state index in [1.165, 1.54) is 0 Å². The van der Waals surface area contributed by atoms with Crippen LogP contribution in [0, 0.1) is 0 Å². The number of methoxy groups -OCH3 is 2. The van der Waals surface area contributed by atoms with Crippen LogP contribution >= 0.6 is 12.4 Å². The molecule has 5 nitrogen and oxygen atoms in total. The van der Waals surface area contributed by atoms with Crippen LogP contribution in [0.25, 0.3) is 0 Å². The van der Waals surface area contributed by atoms with E-state index in [0.29, 0.717) is 6.42 Å². The number of halogens is 1. The Labute approximate surface area is 144 Å². The molecule has 1 aliphatic heterocycles. The van der Waals surface area contributed by atoms with Crippen molar-refractivity contribution in [2.24, 2.45) is 0 Å². The smallest absolute Gasteiger partial charge is 0.223 e. The van der Waals surface area contributed by atoms with Crippen molar-refractivity contribution < 1.29 is 14.3 Å². The van der Waals surface area contributed by atoms with E-state index in [1.54, 1.807) is 14.2 Å². The van der Waals surface area contributed by atoms with Gasteiger partial charge in [-0.2, -0.15) is 0 Å². The molecule has 0 radical (unpaired) electrons. The summed E-state index contributed by atoms with van der Waals surface area (Å²) in [6.07, 6.45) is 3.54. The molecule has 1 fully saturated rings. The second kappa shape index (κ2) is 9.63. The van der Waals surface area contributed by atoms with Crippen molar-refractivity contribution >= 4 is 18.3 Å². The molecule has 0 aliphatic carbocycles. The molecule has 1 atom stereocenters. The lowest BCUT2D eigenvalue weighted by Crippen LogP contribution is -2.30. The van der Waals surface area contributed by atoms with Gasteiger partial charge in [0.2, 0.25) is 5.91 Å². The van der Waals surface area contributed by atoms with E-state index in [1.807, 2.05) is 30.1 Å². The fraction of sp³-hybridized carbons (Fsp3) is 0.588. The minimum Gasteiger partial charge on any atom is -0.493 e. The molecule has 1 heterocycles. The first-order valence-corrected chi connectivity index (χ1v) is 7.87. The second-order valence-corrected chi connectivity index (χ2v) is 5.57. The van der Waals surface area contributed by atoms with Gasteiger partial charge in [-0.25, -0.2) is 0 Å². The number of ether oxygens (including phenoxy) is 2. The van der Waals surface area contributed by atoms with Crippen LogP contribution < -0.4 is 14.8 Å².